The maximum absolute atomic E-state index is 13.9. The van der Waals surface area contributed by atoms with E-state index in [0.29, 0.717) is 18.7 Å². The number of hydrogen-bond donors (Lipinski definition) is 1. The van der Waals surface area contributed by atoms with Crippen LogP contribution < -0.4 is 5.73 Å². The fourth-order valence-corrected chi connectivity index (χ4v) is 2.26. The van der Waals surface area contributed by atoms with E-state index in [0.717, 1.165) is 12.3 Å². The van der Waals surface area contributed by atoms with Crippen LogP contribution in [0.2, 0.25) is 0 Å². The van der Waals surface area contributed by atoms with Crippen molar-refractivity contribution >= 4 is 0 Å². The summed E-state index contributed by atoms with van der Waals surface area (Å²) >= 11 is 0. The van der Waals surface area contributed by atoms with E-state index in [1.54, 1.807) is 18.4 Å². The van der Waals surface area contributed by atoms with Gasteiger partial charge in [0.1, 0.15) is 11.6 Å². The molecule has 0 saturated carbocycles. The topological polar surface area (TPSA) is 42.4 Å². The molecule has 1 heterocycles. The summed E-state index contributed by atoms with van der Waals surface area (Å²) in [4.78, 5) is 2.11. The third kappa shape index (κ3) is 3.22. The lowest BCUT2D eigenvalue weighted by molar-refractivity contribution is 0.184. The van der Waals surface area contributed by atoms with E-state index in [9.17, 15) is 4.39 Å². The standard InChI is InChI=1S/C15H19FN2O/c1-2-18(11-12-6-5-9-19-12)15(10-17)13-7-3-4-8-14(13)16/h3-9,15H,2,10-11,17H2,1H3. The van der Waals surface area contributed by atoms with Crippen LogP contribution in [0.5, 0.6) is 0 Å². The molecule has 0 aliphatic carbocycles. The average Bonchev–Trinajstić information content (AvgIpc) is 2.93. The van der Waals surface area contributed by atoms with Gasteiger partial charge in [0.2, 0.25) is 0 Å². The first-order valence-corrected chi connectivity index (χ1v) is 6.47. The lowest BCUT2D eigenvalue weighted by Crippen LogP contribution is -2.33. The molecule has 0 saturated heterocycles. The van der Waals surface area contributed by atoms with Crippen molar-refractivity contribution in [1.29, 1.82) is 0 Å². The Balaban J connectivity index is 2.21. The van der Waals surface area contributed by atoms with Crippen molar-refractivity contribution in [1.82, 2.24) is 4.90 Å². The quantitative estimate of drug-likeness (QED) is 0.870. The maximum Gasteiger partial charge on any atom is 0.128 e. The van der Waals surface area contributed by atoms with E-state index < -0.39 is 0 Å². The molecule has 1 unspecified atom stereocenters. The molecule has 0 bridgehead atoms. The number of likely N-dealkylation sites (N-methyl/N-ethyl adjacent to an activating group) is 1. The minimum absolute atomic E-state index is 0.142. The summed E-state index contributed by atoms with van der Waals surface area (Å²) in [5.74, 6) is 0.646. The Morgan fingerprint density at radius 2 is 2.05 bits per heavy atom. The van der Waals surface area contributed by atoms with Gasteiger partial charge in [-0.25, -0.2) is 4.39 Å². The summed E-state index contributed by atoms with van der Waals surface area (Å²) in [6, 6.07) is 10.4. The molecule has 0 amide bonds. The molecule has 2 N–H and O–H groups in total. The van der Waals surface area contributed by atoms with Gasteiger partial charge in [-0.15, -0.1) is 0 Å². The van der Waals surface area contributed by atoms with E-state index in [-0.39, 0.29) is 11.9 Å². The highest BCUT2D eigenvalue weighted by molar-refractivity contribution is 5.22. The molecular weight excluding hydrogens is 243 g/mol. The summed E-state index contributed by atoms with van der Waals surface area (Å²) in [7, 11) is 0. The highest BCUT2D eigenvalue weighted by Gasteiger charge is 2.21. The van der Waals surface area contributed by atoms with Crippen LogP contribution in [0.4, 0.5) is 4.39 Å². The zero-order chi connectivity index (χ0) is 13.7. The molecule has 19 heavy (non-hydrogen) atoms. The number of nitrogens with two attached hydrogens (primary N) is 1. The maximum atomic E-state index is 13.9. The highest BCUT2D eigenvalue weighted by atomic mass is 19.1. The lowest BCUT2D eigenvalue weighted by Gasteiger charge is -2.29. The van der Waals surface area contributed by atoms with Crippen LogP contribution >= 0.6 is 0 Å². The van der Waals surface area contributed by atoms with Crippen molar-refractivity contribution in [2.45, 2.75) is 19.5 Å². The first kappa shape index (κ1) is 13.8. The molecule has 4 heteroatoms. The van der Waals surface area contributed by atoms with Gasteiger partial charge in [0.15, 0.2) is 0 Å². The molecular formula is C15H19FN2O. The van der Waals surface area contributed by atoms with Gasteiger partial charge in [0.25, 0.3) is 0 Å². The van der Waals surface area contributed by atoms with Gasteiger partial charge in [-0.1, -0.05) is 25.1 Å². The van der Waals surface area contributed by atoms with E-state index in [1.165, 1.54) is 6.07 Å². The highest BCUT2D eigenvalue weighted by Crippen LogP contribution is 2.24. The number of furan rings is 1. The number of halogens is 1. The molecule has 102 valence electrons. The summed E-state index contributed by atoms with van der Waals surface area (Å²) in [6.45, 7) is 3.80. The Kier molecular flexibility index (Phi) is 4.71. The largest absolute Gasteiger partial charge is 0.468 e. The van der Waals surface area contributed by atoms with Crippen LogP contribution in [0.3, 0.4) is 0 Å². The lowest BCUT2D eigenvalue weighted by atomic mass is 10.0. The van der Waals surface area contributed by atoms with Crippen molar-refractivity contribution in [3.8, 4) is 0 Å². The van der Waals surface area contributed by atoms with Gasteiger partial charge in [0.05, 0.1) is 18.8 Å². The molecule has 0 radical (unpaired) electrons. The van der Waals surface area contributed by atoms with Gasteiger partial charge < -0.3 is 10.2 Å². The van der Waals surface area contributed by atoms with Gasteiger partial charge in [0, 0.05) is 12.1 Å². The zero-order valence-electron chi connectivity index (χ0n) is 11.1. The summed E-state index contributed by atoms with van der Waals surface area (Å²) < 4.78 is 19.2. The van der Waals surface area contributed by atoms with E-state index >= 15 is 0 Å². The zero-order valence-corrected chi connectivity index (χ0v) is 11.1. The minimum Gasteiger partial charge on any atom is -0.468 e. The van der Waals surface area contributed by atoms with E-state index in [4.69, 9.17) is 10.2 Å². The molecule has 2 aromatic rings. The summed E-state index contributed by atoms with van der Waals surface area (Å²) in [5, 5.41) is 0. The Bertz CT molecular complexity index is 499. The van der Waals surface area contributed by atoms with Crippen LogP contribution in [0.15, 0.2) is 47.1 Å². The normalized spacial score (nSPS) is 12.8. The van der Waals surface area contributed by atoms with Crippen LogP contribution in [0.25, 0.3) is 0 Å². The number of rotatable bonds is 6. The SMILES string of the molecule is CCN(Cc1ccco1)C(CN)c1ccccc1F. The number of benzene rings is 1. The van der Waals surface area contributed by atoms with Crippen LogP contribution in [0, 0.1) is 5.82 Å². The molecule has 2 rings (SSSR count). The van der Waals surface area contributed by atoms with Crippen LogP contribution in [0.1, 0.15) is 24.3 Å². The molecule has 1 atom stereocenters. The second-order valence-corrected chi connectivity index (χ2v) is 4.42. The molecule has 0 spiro atoms. The summed E-state index contributed by atoms with van der Waals surface area (Å²) in [6.07, 6.45) is 1.64. The van der Waals surface area contributed by atoms with E-state index in [1.807, 2.05) is 25.1 Å². The predicted molar refractivity (Wildman–Crippen MR) is 73.0 cm³/mol. The van der Waals surface area contributed by atoms with Crippen molar-refractivity contribution < 1.29 is 8.81 Å². The Morgan fingerprint density at radius 1 is 1.26 bits per heavy atom. The molecule has 0 aliphatic heterocycles. The van der Waals surface area contributed by atoms with Crippen LogP contribution in [-0.2, 0) is 6.54 Å². The minimum atomic E-state index is -0.212. The molecule has 0 fully saturated rings. The van der Waals surface area contributed by atoms with Gasteiger partial charge in [-0.2, -0.15) is 0 Å². The first-order valence-electron chi connectivity index (χ1n) is 6.47. The average molecular weight is 262 g/mol. The number of nitrogens with zero attached hydrogens (tertiary/aromatic N) is 1. The predicted octanol–water partition coefficient (Wildman–Crippen LogP) is 2.94. The van der Waals surface area contributed by atoms with Crippen LogP contribution in [-0.4, -0.2) is 18.0 Å². The molecule has 1 aromatic heterocycles. The Labute approximate surface area is 112 Å². The second-order valence-electron chi connectivity index (χ2n) is 4.42. The monoisotopic (exact) mass is 262 g/mol. The van der Waals surface area contributed by atoms with Crippen molar-refractivity contribution in [2.75, 3.05) is 13.1 Å². The summed E-state index contributed by atoms with van der Waals surface area (Å²) in [5.41, 5.74) is 6.48. The molecule has 3 nitrogen and oxygen atoms in total. The van der Waals surface area contributed by atoms with Gasteiger partial charge >= 0.3 is 0 Å². The second kappa shape index (κ2) is 6.50. The smallest absolute Gasteiger partial charge is 0.128 e. The number of hydrogen-bond acceptors (Lipinski definition) is 3. The fraction of sp³-hybridized carbons (Fsp3) is 0.333. The molecule has 0 aliphatic rings. The first-order chi connectivity index (χ1) is 9.26. The third-order valence-corrected chi connectivity index (χ3v) is 3.27. The third-order valence-electron chi connectivity index (χ3n) is 3.27. The van der Waals surface area contributed by atoms with Crippen molar-refractivity contribution in [3.63, 3.8) is 0 Å². The van der Waals surface area contributed by atoms with Crippen molar-refractivity contribution in [2.24, 2.45) is 5.73 Å². The van der Waals surface area contributed by atoms with E-state index in [2.05, 4.69) is 4.90 Å². The Hall–Kier alpha value is -1.65. The van der Waals surface area contributed by atoms with Gasteiger partial charge in [-0.3, -0.25) is 4.90 Å². The molecule has 1 aromatic carbocycles. The fourth-order valence-electron chi connectivity index (χ4n) is 2.26. The van der Waals surface area contributed by atoms with Crippen molar-refractivity contribution in [3.05, 3.63) is 59.8 Å². The van der Waals surface area contributed by atoms with Gasteiger partial charge in [-0.05, 0) is 24.7 Å². The Morgan fingerprint density at radius 3 is 2.63 bits per heavy atom.